The Bertz CT molecular complexity index is 471. The highest BCUT2D eigenvalue weighted by Gasteiger charge is 2.22. The summed E-state index contributed by atoms with van der Waals surface area (Å²) in [5.74, 6) is -1.85. The molecule has 0 aliphatic carbocycles. The van der Waals surface area contributed by atoms with Crippen molar-refractivity contribution in [2.45, 2.75) is 33.7 Å². The molecule has 1 aromatic rings. The molecule has 5 nitrogen and oxygen atoms in total. The molecule has 0 aromatic carbocycles. The van der Waals surface area contributed by atoms with Gasteiger partial charge in [0.25, 0.3) is 5.91 Å². The molecule has 0 radical (unpaired) electrons. The van der Waals surface area contributed by atoms with E-state index in [1.807, 2.05) is 6.92 Å². The number of hydrogen-bond donors (Lipinski definition) is 2. The molecule has 0 spiro atoms. The molecule has 2 atom stereocenters. The summed E-state index contributed by atoms with van der Waals surface area (Å²) in [7, 11) is 0. The van der Waals surface area contributed by atoms with Crippen molar-refractivity contribution in [2.75, 3.05) is 0 Å². The minimum atomic E-state index is -0.929. The van der Waals surface area contributed by atoms with Crippen molar-refractivity contribution in [1.82, 2.24) is 10.3 Å². The molecule has 18 heavy (non-hydrogen) atoms. The largest absolute Gasteiger partial charge is 0.481 e. The van der Waals surface area contributed by atoms with Crippen LogP contribution in [0.5, 0.6) is 0 Å². The SMILES string of the molecule is Cc1ccc(C(=O)NC(C)C(C)C(=O)O)c(C)n1. The molecule has 98 valence electrons. The van der Waals surface area contributed by atoms with Crippen LogP contribution >= 0.6 is 0 Å². The van der Waals surface area contributed by atoms with Gasteiger partial charge in [0, 0.05) is 11.7 Å². The smallest absolute Gasteiger partial charge is 0.308 e. The van der Waals surface area contributed by atoms with E-state index < -0.39 is 17.9 Å². The fourth-order valence-electron chi connectivity index (χ4n) is 1.55. The zero-order valence-electron chi connectivity index (χ0n) is 11.0. The van der Waals surface area contributed by atoms with Crippen molar-refractivity contribution < 1.29 is 14.7 Å². The van der Waals surface area contributed by atoms with E-state index in [4.69, 9.17) is 5.11 Å². The monoisotopic (exact) mass is 250 g/mol. The van der Waals surface area contributed by atoms with Gasteiger partial charge in [0.1, 0.15) is 0 Å². The number of carbonyl (C=O) groups excluding carboxylic acids is 1. The maximum absolute atomic E-state index is 12.0. The predicted molar refractivity (Wildman–Crippen MR) is 67.4 cm³/mol. The van der Waals surface area contributed by atoms with Gasteiger partial charge in [0.15, 0.2) is 0 Å². The van der Waals surface area contributed by atoms with Gasteiger partial charge in [0.2, 0.25) is 0 Å². The molecule has 2 N–H and O–H groups in total. The van der Waals surface area contributed by atoms with Crippen LogP contribution in [0.2, 0.25) is 0 Å². The zero-order chi connectivity index (χ0) is 13.9. The maximum Gasteiger partial charge on any atom is 0.308 e. The predicted octanol–water partition coefficient (Wildman–Crippen LogP) is 1.54. The number of carboxylic acid groups (broad SMARTS) is 1. The van der Waals surface area contributed by atoms with E-state index in [9.17, 15) is 9.59 Å². The summed E-state index contributed by atoms with van der Waals surface area (Å²) in [6.07, 6.45) is 0. The Labute approximate surface area is 106 Å². The molecule has 5 heteroatoms. The first-order chi connectivity index (χ1) is 8.32. The van der Waals surface area contributed by atoms with E-state index in [-0.39, 0.29) is 5.91 Å². The van der Waals surface area contributed by atoms with Crippen LogP contribution in [0.3, 0.4) is 0 Å². The van der Waals surface area contributed by atoms with Crippen LogP contribution in [0.4, 0.5) is 0 Å². The second kappa shape index (κ2) is 5.62. The Kier molecular flexibility index (Phi) is 4.42. The van der Waals surface area contributed by atoms with Crippen LogP contribution in [0, 0.1) is 19.8 Å². The zero-order valence-corrected chi connectivity index (χ0v) is 11.0. The van der Waals surface area contributed by atoms with E-state index in [1.165, 1.54) is 0 Å². The Morgan fingerprint density at radius 3 is 2.39 bits per heavy atom. The number of amides is 1. The first kappa shape index (κ1) is 14.2. The Morgan fingerprint density at radius 1 is 1.28 bits per heavy atom. The Morgan fingerprint density at radius 2 is 1.89 bits per heavy atom. The van der Waals surface area contributed by atoms with Gasteiger partial charge in [-0.05, 0) is 39.8 Å². The van der Waals surface area contributed by atoms with Crippen LogP contribution in [0.15, 0.2) is 12.1 Å². The van der Waals surface area contributed by atoms with Crippen molar-refractivity contribution in [1.29, 1.82) is 0 Å². The van der Waals surface area contributed by atoms with Gasteiger partial charge in [-0.15, -0.1) is 0 Å². The van der Waals surface area contributed by atoms with Gasteiger partial charge in [-0.25, -0.2) is 0 Å². The van der Waals surface area contributed by atoms with Crippen LogP contribution in [0.1, 0.15) is 35.6 Å². The quantitative estimate of drug-likeness (QED) is 0.849. The molecule has 0 aliphatic rings. The molecular formula is C13H18N2O3. The second-order valence-corrected chi connectivity index (χ2v) is 4.47. The summed E-state index contributed by atoms with van der Waals surface area (Å²) in [4.78, 5) is 27.0. The van der Waals surface area contributed by atoms with Crippen LogP contribution < -0.4 is 5.32 Å². The number of nitrogens with one attached hydrogen (secondary N) is 1. The molecule has 0 saturated carbocycles. The highest BCUT2D eigenvalue weighted by Crippen LogP contribution is 2.09. The van der Waals surface area contributed by atoms with Crippen LogP contribution in [0.25, 0.3) is 0 Å². The Hall–Kier alpha value is -1.91. The van der Waals surface area contributed by atoms with E-state index in [1.54, 1.807) is 32.9 Å². The molecule has 2 unspecified atom stereocenters. The van der Waals surface area contributed by atoms with Gasteiger partial charge >= 0.3 is 5.97 Å². The summed E-state index contributed by atoms with van der Waals surface area (Å²) in [5.41, 5.74) is 1.96. The van der Waals surface area contributed by atoms with Gasteiger partial charge in [-0.1, -0.05) is 0 Å². The lowest BCUT2D eigenvalue weighted by molar-refractivity contribution is -0.141. The molecule has 0 saturated heterocycles. The van der Waals surface area contributed by atoms with Crippen molar-refractivity contribution in [2.24, 2.45) is 5.92 Å². The molecule has 0 bridgehead atoms. The fraction of sp³-hybridized carbons (Fsp3) is 0.462. The normalized spacial score (nSPS) is 13.8. The number of hydrogen-bond acceptors (Lipinski definition) is 3. The average molecular weight is 250 g/mol. The maximum atomic E-state index is 12.0. The van der Waals surface area contributed by atoms with Gasteiger partial charge < -0.3 is 10.4 Å². The lowest BCUT2D eigenvalue weighted by Gasteiger charge is -2.18. The molecule has 1 rings (SSSR count). The summed E-state index contributed by atoms with van der Waals surface area (Å²) in [6.45, 7) is 6.85. The number of rotatable bonds is 4. The first-order valence-corrected chi connectivity index (χ1v) is 5.81. The second-order valence-electron chi connectivity index (χ2n) is 4.47. The lowest BCUT2D eigenvalue weighted by Crippen LogP contribution is -2.40. The van der Waals surface area contributed by atoms with E-state index in [2.05, 4.69) is 10.3 Å². The van der Waals surface area contributed by atoms with Crippen LogP contribution in [-0.4, -0.2) is 28.0 Å². The number of nitrogens with zero attached hydrogens (tertiary/aromatic N) is 1. The summed E-state index contributed by atoms with van der Waals surface area (Å²) < 4.78 is 0. The summed E-state index contributed by atoms with van der Waals surface area (Å²) in [5, 5.41) is 11.5. The lowest BCUT2D eigenvalue weighted by atomic mass is 10.0. The van der Waals surface area contributed by atoms with Crippen LogP contribution in [-0.2, 0) is 4.79 Å². The topological polar surface area (TPSA) is 79.3 Å². The summed E-state index contributed by atoms with van der Waals surface area (Å²) in [6, 6.07) is 3.02. The van der Waals surface area contributed by atoms with Gasteiger partial charge in [-0.2, -0.15) is 0 Å². The minimum absolute atomic E-state index is 0.291. The Balaban J connectivity index is 2.79. The standard InChI is InChI=1S/C13H18N2O3/c1-7-5-6-11(10(4)14-7)12(16)15-9(3)8(2)13(17)18/h5-6,8-9H,1-4H3,(H,15,16)(H,17,18). The molecular weight excluding hydrogens is 232 g/mol. The number of carbonyl (C=O) groups is 2. The number of pyridine rings is 1. The fourth-order valence-corrected chi connectivity index (χ4v) is 1.55. The van der Waals surface area contributed by atoms with Gasteiger partial charge in [0.05, 0.1) is 17.2 Å². The van der Waals surface area contributed by atoms with E-state index in [0.29, 0.717) is 11.3 Å². The number of aromatic nitrogens is 1. The van der Waals surface area contributed by atoms with E-state index in [0.717, 1.165) is 5.69 Å². The third kappa shape index (κ3) is 3.29. The number of aryl methyl sites for hydroxylation is 2. The van der Waals surface area contributed by atoms with Crippen molar-refractivity contribution in [3.63, 3.8) is 0 Å². The average Bonchev–Trinajstić information content (AvgIpc) is 2.27. The number of aliphatic carboxylic acids is 1. The highest BCUT2D eigenvalue weighted by atomic mass is 16.4. The molecule has 0 fully saturated rings. The summed E-state index contributed by atoms with van der Waals surface area (Å²) >= 11 is 0. The molecule has 1 heterocycles. The minimum Gasteiger partial charge on any atom is -0.481 e. The third-order valence-corrected chi connectivity index (χ3v) is 2.97. The number of carboxylic acids is 1. The molecule has 1 amide bonds. The molecule has 1 aromatic heterocycles. The molecule has 0 aliphatic heterocycles. The van der Waals surface area contributed by atoms with Crippen molar-refractivity contribution >= 4 is 11.9 Å². The first-order valence-electron chi connectivity index (χ1n) is 5.81. The van der Waals surface area contributed by atoms with E-state index >= 15 is 0 Å². The highest BCUT2D eigenvalue weighted by molar-refractivity contribution is 5.95. The van der Waals surface area contributed by atoms with Crippen molar-refractivity contribution in [3.05, 3.63) is 29.1 Å². The van der Waals surface area contributed by atoms with Crippen molar-refractivity contribution in [3.8, 4) is 0 Å². The third-order valence-electron chi connectivity index (χ3n) is 2.97. The van der Waals surface area contributed by atoms with Gasteiger partial charge in [-0.3, -0.25) is 14.6 Å².